The van der Waals surface area contributed by atoms with Crippen LogP contribution in [0.1, 0.15) is 44.1 Å². The van der Waals surface area contributed by atoms with Crippen molar-refractivity contribution in [2.24, 2.45) is 5.92 Å². The number of nitrogens with one attached hydrogen (secondary N) is 1. The molecule has 27 heavy (non-hydrogen) atoms. The van der Waals surface area contributed by atoms with Crippen LogP contribution < -0.4 is 5.56 Å². The van der Waals surface area contributed by atoms with Crippen molar-refractivity contribution in [2.45, 2.75) is 39.4 Å². The van der Waals surface area contributed by atoms with Gasteiger partial charge < -0.3 is 9.51 Å². The monoisotopic (exact) mass is 381 g/mol. The number of hydrogen-bond acceptors (Lipinski definition) is 5. The van der Waals surface area contributed by atoms with E-state index in [4.69, 9.17) is 4.52 Å². The van der Waals surface area contributed by atoms with Crippen LogP contribution in [0.3, 0.4) is 0 Å². The predicted molar refractivity (Wildman–Crippen MR) is 89.9 cm³/mol. The summed E-state index contributed by atoms with van der Waals surface area (Å²) in [6.45, 7) is 5.65. The molecule has 3 aromatic heterocycles. The molecule has 0 aromatic carbocycles. The third kappa shape index (κ3) is 4.09. The molecule has 1 unspecified atom stereocenters. The number of hydrogen-bond donors (Lipinski definition) is 1. The molecule has 0 saturated carbocycles. The fourth-order valence-electron chi connectivity index (χ4n) is 2.58. The summed E-state index contributed by atoms with van der Waals surface area (Å²) in [5.41, 5.74) is -0.342. The average Bonchev–Trinajstić information content (AvgIpc) is 3.23. The van der Waals surface area contributed by atoms with E-state index in [1.807, 2.05) is 13.8 Å². The molecule has 3 heterocycles. The maximum atomic E-state index is 12.7. The minimum Gasteiger partial charge on any atom is -0.337 e. The maximum Gasteiger partial charge on any atom is 0.435 e. The highest BCUT2D eigenvalue weighted by atomic mass is 19.4. The molecule has 0 radical (unpaired) electrons. The van der Waals surface area contributed by atoms with Crippen molar-refractivity contribution in [2.75, 3.05) is 0 Å². The van der Waals surface area contributed by atoms with Gasteiger partial charge in [-0.1, -0.05) is 19.0 Å². The van der Waals surface area contributed by atoms with Crippen molar-refractivity contribution in [3.63, 3.8) is 0 Å². The zero-order valence-corrected chi connectivity index (χ0v) is 14.9. The molecule has 0 aliphatic rings. The second kappa shape index (κ2) is 7.01. The molecule has 0 aliphatic heterocycles. The molecule has 0 spiro atoms. The van der Waals surface area contributed by atoms with Crippen LogP contribution in [0.25, 0.3) is 11.4 Å². The van der Waals surface area contributed by atoms with Crippen molar-refractivity contribution in [3.8, 4) is 11.4 Å². The number of rotatable bonds is 5. The van der Waals surface area contributed by atoms with Crippen molar-refractivity contribution in [1.29, 1.82) is 0 Å². The number of aromatic nitrogens is 5. The topological polar surface area (TPSA) is 89.6 Å². The lowest BCUT2D eigenvalue weighted by Gasteiger charge is -2.07. The zero-order chi connectivity index (χ0) is 19.8. The van der Waals surface area contributed by atoms with Crippen LogP contribution >= 0.6 is 0 Å². The number of pyridine rings is 1. The van der Waals surface area contributed by atoms with Crippen molar-refractivity contribution >= 4 is 0 Å². The number of halogens is 3. The molecular weight excluding hydrogens is 363 g/mol. The minimum atomic E-state index is -4.53. The fourth-order valence-corrected chi connectivity index (χ4v) is 2.58. The Labute approximate surface area is 152 Å². The lowest BCUT2D eigenvalue weighted by molar-refractivity contribution is -0.141. The van der Waals surface area contributed by atoms with Gasteiger partial charge in [0.15, 0.2) is 5.69 Å². The first-order valence-corrected chi connectivity index (χ1v) is 8.33. The summed E-state index contributed by atoms with van der Waals surface area (Å²) in [4.78, 5) is 19.2. The van der Waals surface area contributed by atoms with Gasteiger partial charge in [-0.15, -0.1) is 0 Å². The number of nitrogens with zero attached hydrogens (tertiary/aromatic N) is 4. The molecule has 3 rings (SSSR count). The van der Waals surface area contributed by atoms with Crippen LogP contribution in [0, 0.1) is 5.92 Å². The number of alkyl halides is 3. The normalized spacial score (nSPS) is 13.3. The highest BCUT2D eigenvalue weighted by Gasteiger charge is 2.34. The van der Waals surface area contributed by atoms with E-state index in [1.165, 1.54) is 6.20 Å². The van der Waals surface area contributed by atoms with Gasteiger partial charge in [0.2, 0.25) is 5.82 Å². The van der Waals surface area contributed by atoms with Gasteiger partial charge in [0.1, 0.15) is 6.04 Å². The van der Waals surface area contributed by atoms with E-state index in [0.29, 0.717) is 5.92 Å². The summed E-state index contributed by atoms with van der Waals surface area (Å²) in [6.07, 6.45) is -2.62. The third-order valence-corrected chi connectivity index (χ3v) is 3.93. The Morgan fingerprint density at radius 3 is 2.56 bits per heavy atom. The predicted octanol–water partition coefficient (Wildman–Crippen LogP) is 3.45. The SMILES string of the molecule is CC(C)Cc1ccc(-c2noc(C(C)n3ccc(C(F)(F)F)n3)n2)c(=O)[nH]1. The van der Waals surface area contributed by atoms with Crippen molar-refractivity contribution in [3.05, 3.63) is 52.0 Å². The molecule has 0 aliphatic carbocycles. The largest absolute Gasteiger partial charge is 0.435 e. The van der Waals surface area contributed by atoms with Crippen LogP contribution in [0.2, 0.25) is 0 Å². The summed E-state index contributed by atoms with van der Waals surface area (Å²) < 4.78 is 44.3. The second-order valence-corrected chi connectivity index (χ2v) is 6.64. The lowest BCUT2D eigenvalue weighted by atomic mass is 10.1. The van der Waals surface area contributed by atoms with Gasteiger partial charge in [-0.05, 0) is 37.5 Å². The van der Waals surface area contributed by atoms with Crippen LogP contribution in [0.15, 0.2) is 33.7 Å². The minimum absolute atomic E-state index is 0.0486. The number of aromatic amines is 1. The van der Waals surface area contributed by atoms with E-state index in [1.54, 1.807) is 19.1 Å². The van der Waals surface area contributed by atoms with Gasteiger partial charge >= 0.3 is 6.18 Å². The zero-order valence-electron chi connectivity index (χ0n) is 14.9. The van der Waals surface area contributed by atoms with Gasteiger partial charge in [-0.3, -0.25) is 9.48 Å². The van der Waals surface area contributed by atoms with E-state index in [2.05, 4.69) is 20.2 Å². The molecule has 0 amide bonds. The Bertz CT molecular complexity index is 987. The molecular formula is C17H18F3N5O2. The van der Waals surface area contributed by atoms with Crippen molar-refractivity contribution in [1.82, 2.24) is 24.9 Å². The Hall–Kier alpha value is -2.91. The smallest absolute Gasteiger partial charge is 0.337 e. The van der Waals surface area contributed by atoms with Gasteiger partial charge in [-0.25, -0.2) is 0 Å². The summed E-state index contributed by atoms with van der Waals surface area (Å²) in [7, 11) is 0. The Kier molecular flexibility index (Phi) is 4.90. The molecule has 1 N–H and O–H groups in total. The summed E-state index contributed by atoms with van der Waals surface area (Å²) in [5.74, 6) is 0.504. The molecule has 10 heteroatoms. The van der Waals surface area contributed by atoms with Crippen molar-refractivity contribution < 1.29 is 17.7 Å². The Balaban J connectivity index is 1.84. The number of H-pyrrole nitrogens is 1. The van der Waals surface area contributed by atoms with Gasteiger partial charge in [0.25, 0.3) is 11.4 Å². The van der Waals surface area contributed by atoms with Crippen LogP contribution in [0.5, 0.6) is 0 Å². The molecule has 0 bridgehead atoms. The maximum absolute atomic E-state index is 12.7. The first-order chi connectivity index (χ1) is 12.6. The molecule has 1 atom stereocenters. The quantitative estimate of drug-likeness (QED) is 0.731. The summed E-state index contributed by atoms with van der Waals surface area (Å²) >= 11 is 0. The van der Waals surface area contributed by atoms with E-state index in [9.17, 15) is 18.0 Å². The molecule has 7 nitrogen and oxygen atoms in total. The van der Waals surface area contributed by atoms with Crippen LogP contribution in [0.4, 0.5) is 13.2 Å². The van der Waals surface area contributed by atoms with E-state index in [0.717, 1.165) is 22.9 Å². The molecule has 0 saturated heterocycles. The van der Waals surface area contributed by atoms with E-state index < -0.39 is 17.9 Å². The van der Waals surface area contributed by atoms with Gasteiger partial charge in [0, 0.05) is 11.9 Å². The lowest BCUT2D eigenvalue weighted by Crippen LogP contribution is -2.13. The third-order valence-electron chi connectivity index (χ3n) is 3.93. The van der Waals surface area contributed by atoms with E-state index >= 15 is 0 Å². The highest BCUT2D eigenvalue weighted by Crippen LogP contribution is 2.28. The average molecular weight is 381 g/mol. The van der Waals surface area contributed by atoms with Gasteiger partial charge in [0.05, 0.1) is 5.56 Å². The molecule has 3 aromatic rings. The van der Waals surface area contributed by atoms with Crippen LogP contribution in [-0.4, -0.2) is 24.9 Å². The highest BCUT2D eigenvalue weighted by molar-refractivity contribution is 5.52. The summed E-state index contributed by atoms with van der Waals surface area (Å²) in [5, 5.41) is 7.26. The Morgan fingerprint density at radius 2 is 1.96 bits per heavy atom. The first kappa shape index (κ1) is 18.9. The summed E-state index contributed by atoms with van der Waals surface area (Å²) in [6, 6.07) is 3.53. The Morgan fingerprint density at radius 1 is 1.22 bits per heavy atom. The van der Waals surface area contributed by atoms with E-state index in [-0.39, 0.29) is 22.8 Å². The van der Waals surface area contributed by atoms with Crippen LogP contribution in [-0.2, 0) is 12.6 Å². The van der Waals surface area contributed by atoms with Gasteiger partial charge in [-0.2, -0.15) is 23.3 Å². The standard InChI is InChI=1S/C17H18F3N5O2/c1-9(2)8-11-4-5-12(15(26)21-11)14-22-16(27-24-14)10(3)25-7-6-13(23-25)17(18,19)20/h4-7,9-10H,8H2,1-3H3,(H,21,26). The fraction of sp³-hybridized carbons (Fsp3) is 0.412. The first-order valence-electron chi connectivity index (χ1n) is 8.33. The molecule has 0 fully saturated rings. The molecule has 144 valence electrons. The second-order valence-electron chi connectivity index (χ2n) is 6.64.